The minimum atomic E-state index is -0.715. The maximum atomic E-state index is 14.9. The summed E-state index contributed by atoms with van der Waals surface area (Å²) < 4.78 is 5.61. The van der Waals surface area contributed by atoms with Crippen LogP contribution in [0.25, 0.3) is 0 Å². The number of piperidine rings is 1. The third-order valence-electron chi connectivity index (χ3n) is 7.90. The molecule has 43 heavy (non-hydrogen) atoms. The number of carbonyl (C=O) groups excluding carboxylic acids is 2. The van der Waals surface area contributed by atoms with Gasteiger partial charge in [-0.3, -0.25) is 10.1 Å². The molecule has 2 aliphatic rings. The van der Waals surface area contributed by atoms with Gasteiger partial charge in [0.15, 0.2) is 0 Å². The minimum Gasteiger partial charge on any atom is -0.444 e. The summed E-state index contributed by atoms with van der Waals surface area (Å²) in [5.41, 5.74) is 2.92. The van der Waals surface area contributed by atoms with Gasteiger partial charge in [0.1, 0.15) is 5.60 Å². The van der Waals surface area contributed by atoms with Crippen LogP contribution >= 0.6 is 11.8 Å². The van der Waals surface area contributed by atoms with Crippen molar-refractivity contribution in [3.63, 3.8) is 0 Å². The maximum Gasteiger partial charge on any atom is 0.412 e. The Morgan fingerprint density at radius 1 is 0.930 bits per heavy atom. The van der Waals surface area contributed by atoms with Gasteiger partial charge in [0.05, 0.1) is 22.1 Å². The molecule has 2 amide bonds. The van der Waals surface area contributed by atoms with Gasteiger partial charge in [-0.15, -0.1) is 0 Å². The summed E-state index contributed by atoms with van der Waals surface area (Å²) in [6.45, 7) is 6.58. The van der Waals surface area contributed by atoms with Crippen LogP contribution in [0.15, 0.2) is 119 Å². The maximum absolute atomic E-state index is 14.9. The lowest BCUT2D eigenvalue weighted by Gasteiger charge is -2.46. The van der Waals surface area contributed by atoms with E-state index in [4.69, 9.17) is 9.73 Å². The highest BCUT2D eigenvalue weighted by atomic mass is 32.2. The van der Waals surface area contributed by atoms with Gasteiger partial charge in [-0.05, 0) is 68.1 Å². The average Bonchev–Trinajstić information content (AvgIpc) is 3.28. The number of rotatable bonds is 5. The molecule has 4 aromatic carbocycles. The molecular formula is C36H35N3O3S. The van der Waals surface area contributed by atoms with Crippen molar-refractivity contribution in [2.75, 3.05) is 11.9 Å². The fourth-order valence-corrected chi connectivity index (χ4v) is 7.27. The first-order valence-corrected chi connectivity index (χ1v) is 15.4. The number of nitrogens with one attached hydrogen (secondary N) is 1. The van der Waals surface area contributed by atoms with Gasteiger partial charge < -0.3 is 9.64 Å². The Bertz CT molecular complexity index is 1670. The lowest BCUT2D eigenvalue weighted by molar-refractivity contribution is -0.137. The fraction of sp³-hybridized carbons (Fsp3) is 0.250. The monoisotopic (exact) mass is 589 g/mol. The topological polar surface area (TPSA) is 71.0 Å². The first-order chi connectivity index (χ1) is 20.7. The number of aliphatic imine (C=N–C) groups is 1. The molecule has 0 aromatic heterocycles. The lowest BCUT2D eigenvalue weighted by Crippen LogP contribution is -2.54. The molecule has 0 bridgehead atoms. The van der Waals surface area contributed by atoms with Crippen molar-refractivity contribution < 1.29 is 14.3 Å². The standard InChI is InChI=1S/C36H35N3O3S/c1-35(2,3)42-34(41)38-29-20-12-10-18-27(29)31-32(40)39(24-25-14-6-4-7-15-25)23-22-36(31)28-19-11-13-21-30(28)37-33(36)43-26-16-8-5-9-17-26/h4-21,31H,22-24H2,1-3H3,(H,38,41)/t31?,36-/m1/s1. The van der Waals surface area contributed by atoms with E-state index in [9.17, 15) is 9.59 Å². The van der Waals surface area contributed by atoms with Crippen molar-refractivity contribution in [1.29, 1.82) is 0 Å². The number of para-hydroxylation sites is 2. The molecule has 0 aliphatic carbocycles. The number of carbonyl (C=O) groups is 2. The van der Waals surface area contributed by atoms with Crippen molar-refractivity contribution in [3.8, 4) is 0 Å². The molecule has 7 heteroatoms. The number of thioether (sulfide) groups is 1. The van der Waals surface area contributed by atoms with Crippen molar-refractivity contribution in [3.05, 3.63) is 126 Å². The SMILES string of the molecule is CC(C)(C)OC(=O)Nc1ccccc1C1C(=O)N(Cc2ccccc2)CC[C@]12C(Sc1ccccc1)=Nc1ccccc12. The molecule has 1 unspecified atom stereocenters. The number of hydrogen-bond acceptors (Lipinski definition) is 5. The van der Waals surface area contributed by atoms with Gasteiger partial charge in [-0.2, -0.15) is 0 Å². The third-order valence-corrected chi connectivity index (χ3v) is 9.05. The van der Waals surface area contributed by atoms with Gasteiger partial charge in [0.2, 0.25) is 5.91 Å². The van der Waals surface area contributed by atoms with Gasteiger partial charge in [0.25, 0.3) is 0 Å². The van der Waals surface area contributed by atoms with Gasteiger partial charge >= 0.3 is 6.09 Å². The van der Waals surface area contributed by atoms with E-state index in [-0.39, 0.29) is 5.91 Å². The van der Waals surface area contributed by atoms with E-state index in [1.54, 1.807) is 11.8 Å². The summed E-state index contributed by atoms with van der Waals surface area (Å²) in [5.74, 6) is -0.624. The van der Waals surface area contributed by atoms with Crippen LogP contribution in [0.5, 0.6) is 0 Å². The van der Waals surface area contributed by atoms with E-state index in [0.717, 1.165) is 32.3 Å². The summed E-state index contributed by atoms with van der Waals surface area (Å²) in [7, 11) is 0. The summed E-state index contributed by atoms with van der Waals surface area (Å²) in [5, 5.41) is 3.86. The first kappa shape index (κ1) is 28.7. The van der Waals surface area contributed by atoms with Crippen LogP contribution < -0.4 is 5.32 Å². The Kier molecular flexibility index (Phi) is 7.84. The van der Waals surface area contributed by atoms with Crippen LogP contribution in [-0.2, 0) is 21.5 Å². The Balaban J connectivity index is 1.49. The number of nitrogens with zero attached hydrogens (tertiary/aromatic N) is 2. The molecule has 6 nitrogen and oxygen atoms in total. The third kappa shape index (κ3) is 5.82. The molecule has 2 aliphatic heterocycles. The fourth-order valence-electron chi connectivity index (χ4n) is 6.10. The number of amides is 2. The highest BCUT2D eigenvalue weighted by Gasteiger charge is 2.57. The summed E-state index contributed by atoms with van der Waals surface area (Å²) >= 11 is 1.61. The molecule has 1 spiro atoms. The van der Waals surface area contributed by atoms with Gasteiger partial charge in [0, 0.05) is 23.7 Å². The van der Waals surface area contributed by atoms with Gasteiger partial charge in [-0.1, -0.05) is 96.7 Å². The summed E-state index contributed by atoms with van der Waals surface area (Å²) in [6.07, 6.45) is 0.130. The number of ether oxygens (including phenoxy) is 1. The smallest absolute Gasteiger partial charge is 0.412 e. The van der Waals surface area contributed by atoms with Gasteiger partial charge in [-0.25, -0.2) is 9.79 Å². The quantitative estimate of drug-likeness (QED) is 0.254. The van der Waals surface area contributed by atoms with E-state index in [1.807, 2.05) is 117 Å². The summed E-state index contributed by atoms with van der Waals surface area (Å²) in [6, 6.07) is 36.0. The van der Waals surface area contributed by atoms with Crippen molar-refractivity contribution >= 4 is 40.2 Å². The molecule has 1 N–H and O–H groups in total. The Morgan fingerprint density at radius 2 is 1.58 bits per heavy atom. The van der Waals surface area contributed by atoms with E-state index in [0.29, 0.717) is 25.2 Å². The van der Waals surface area contributed by atoms with Crippen LogP contribution in [0.4, 0.5) is 16.2 Å². The number of benzene rings is 4. The number of likely N-dealkylation sites (tertiary alicyclic amines) is 1. The Morgan fingerprint density at radius 3 is 2.33 bits per heavy atom. The number of fused-ring (bicyclic) bond motifs is 2. The molecule has 4 aromatic rings. The number of anilines is 1. The van der Waals surface area contributed by atoms with Crippen LogP contribution in [0, 0.1) is 0 Å². The van der Waals surface area contributed by atoms with Crippen LogP contribution in [0.3, 0.4) is 0 Å². The molecule has 1 fully saturated rings. The molecule has 218 valence electrons. The highest BCUT2D eigenvalue weighted by molar-refractivity contribution is 8.14. The predicted octanol–water partition coefficient (Wildman–Crippen LogP) is 8.32. The van der Waals surface area contributed by atoms with Crippen LogP contribution in [0.1, 0.15) is 49.8 Å². The molecular weight excluding hydrogens is 554 g/mol. The normalized spacial score (nSPS) is 19.6. The van der Waals surface area contributed by atoms with Crippen molar-refractivity contribution in [2.45, 2.75) is 55.6 Å². The van der Waals surface area contributed by atoms with E-state index < -0.39 is 23.0 Å². The second-order valence-corrected chi connectivity index (χ2v) is 13.0. The second-order valence-electron chi connectivity index (χ2n) is 12.0. The molecule has 1 saturated heterocycles. The Hall–Kier alpha value is -4.36. The van der Waals surface area contributed by atoms with Crippen LogP contribution in [-0.4, -0.2) is 34.1 Å². The second kappa shape index (κ2) is 11.7. The van der Waals surface area contributed by atoms with Crippen molar-refractivity contribution in [1.82, 2.24) is 4.90 Å². The van der Waals surface area contributed by atoms with E-state index in [2.05, 4.69) is 23.5 Å². The molecule has 6 rings (SSSR count). The zero-order valence-electron chi connectivity index (χ0n) is 24.6. The predicted molar refractivity (Wildman–Crippen MR) is 173 cm³/mol. The average molecular weight is 590 g/mol. The van der Waals surface area contributed by atoms with E-state index >= 15 is 0 Å². The zero-order chi connectivity index (χ0) is 30.0. The molecule has 0 radical (unpaired) electrons. The van der Waals surface area contributed by atoms with Crippen LogP contribution in [0.2, 0.25) is 0 Å². The highest BCUT2D eigenvalue weighted by Crippen LogP contribution is 2.57. The molecule has 0 saturated carbocycles. The Labute approximate surface area is 257 Å². The van der Waals surface area contributed by atoms with E-state index in [1.165, 1.54) is 0 Å². The number of hydrogen-bond donors (Lipinski definition) is 1. The van der Waals surface area contributed by atoms with Crippen molar-refractivity contribution in [2.24, 2.45) is 4.99 Å². The summed E-state index contributed by atoms with van der Waals surface area (Å²) in [4.78, 5) is 36.1. The molecule has 2 heterocycles. The minimum absolute atomic E-state index is 0.00612. The molecule has 2 atom stereocenters. The first-order valence-electron chi connectivity index (χ1n) is 14.6. The zero-order valence-corrected chi connectivity index (χ0v) is 25.4. The lowest BCUT2D eigenvalue weighted by atomic mass is 9.64. The largest absolute Gasteiger partial charge is 0.444 e.